The maximum absolute atomic E-state index is 13.3. The third-order valence-corrected chi connectivity index (χ3v) is 7.37. The van der Waals surface area contributed by atoms with Gasteiger partial charge in [-0.1, -0.05) is 42.5 Å². The van der Waals surface area contributed by atoms with Crippen LogP contribution >= 0.6 is 0 Å². The van der Waals surface area contributed by atoms with Gasteiger partial charge in [0.15, 0.2) is 6.04 Å². The zero-order valence-electron chi connectivity index (χ0n) is 20.7. The van der Waals surface area contributed by atoms with Crippen LogP contribution in [0.4, 0.5) is 5.69 Å². The average molecular weight is 507 g/mol. The van der Waals surface area contributed by atoms with Crippen molar-refractivity contribution in [3.8, 4) is 0 Å². The summed E-state index contributed by atoms with van der Waals surface area (Å²) < 4.78 is 20.4. The highest BCUT2D eigenvalue weighted by molar-refractivity contribution is 6.07. The number of para-hydroxylation sites is 1. The third kappa shape index (κ3) is 3.43. The number of anilines is 1. The molecule has 0 N–H and O–H groups in total. The highest BCUT2D eigenvalue weighted by atomic mass is 16.5. The minimum Gasteiger partial charge on any atom is -0.469 e. The van der Waals surface area contributed by atoms with E-state index in [0.717, 1.165) is 11.1 Å². The molecular formula is C27H26N2O8. The molecule has 3 aliphatic rings. The molecule has 1 fully saturated rings. The molecule has 2 heterocycles. The fourth-order valence-electron chi connectivity index (χ4n) is 5.96. The fourth-order valence-corrected chi connectivity index (χ4v) is 5.96. The van der Waals surface area contributed by atoms with Crippen molar-refractivity contribution in [3.63, 3.8) is 0 Å². The summed E-state index contributed by atoms with van der Waals surface area (Å²) in [5, 5.41) is 3.51. The van der Waals surface area contributed by atoms with Crippen molar-refractivity contribution in [1.29, 1.82) is 0 Å². The molecule has 0 amide bonds. The van der Waals surface area contributed by atoms with Crippen molar-refractivity contribution in [2.45, 2.75) is 24.0 Å². The molecule has 10 heteroatoms. The van der Waals surface area contributed by atoms with Crippen LogP contribution in [0.1, 0.15) is 23.1 Å². The Kier molecular flexibility index (Phi) is 6.20. The van der Waals surface area contributed by atoms with Crippen molar-refractivity contribution < 1.29 is 38.1 Å². The molecular weight excluding hydrogens is 480 g/mol. The lowest BCUT2D eigenvalue weighted by Gasteiger charge is -2.53. The van der Waals surface area contributed by atoms with Crippen molar-refractivity contribution in [2.75, 3.05) is 33.4 Å². The summed E-state index contributed by atoms with van der Waals surface area (Å²) in [6.45, 7) is 0. The highest BCUT2D eigenvalue weighted by Gasteiger charge is 2.66. The number of benzene rings is 2. The molecule has 0 unspecified atom stereocenters. The first kappa shape index (κ1) is 24.5. The Morgan fingerprint density at radius 3 is 1.81 bits per heavy atom. The first-order valence-electron chi connectivity index (χ1n) is 11.7. The van der Waals surface area contributed by atoms with E-state index >= 15 is 0 Å². The van der Waals surface area contributed by atoms with E-state index in [1.165, 1.54) is 28.4 Å². The topological polar surface area (TPSA) is 112 Å². The van der Waals surface area contributed by atoms with Gasteiger partial charge in [0.25, 0.3) is 0 Å². The molecule has 2 aromatic rings. The summed E-state index contributed by atoms with van der Waals surface area (Å²) in [6.07, 6.45) is 0. The molecule has 1 saturated heterocycles. The van der Waals surface area contributed by atoms with Crippen LogP contribution in [0.2, 0.25) is 0 Å². The van der Waals surface area contributed by atoms with E-state index < -0.39 is 53.8 Å². The number of rotatable bonds is 5. The summed E-state index contributed by atoms with van der Waals surface area (Å²) in [6, 6.07) is 13.9. The standard InChI is InChI=1S/C27H26N2O8/c1-34-24(30)18-17-15-12-8-9-13-16(15)21-20(26(32)36-3)23(27(33)37-4)28(14-10-6-5-7-11-14)29(21)22(17)19(18)25(31)35-2/h5-13,17,20-23H,1-4H3/t17-,20+,21-,22-,23-/m1/s1. The second kappa shape index (κ2) is 9.36. The first-order valence-corrected chi connectivity index (χ1v) is 11.7. The van der Waals surface area contributed by atoms with Crippen LogP contribution in [0.25, 0.3) is 0 Å². The Balaban J connectivity index is 1.83. The fraction of sp³-hybridized carbons (Fsp3) is 0.333. The molecule has 2 aliphatic heterocycles. The van der Waals surface area contributed by atoms with Crippen LogP contribution in [0, 0.1) is 5.92 Å². The number of methoxy groups -OCH3 is 4. The molecule has 0 spiro atoms. The zero-order chi connectivity index (χ0) is 26.4. The summed E-state index contributed by atoms with van der Waals surface area (Å²) in [7, 11) is 5.01. The summed E-state index contributed by atoms with van der Waals surface area (Å²) in [5.41, 5.74) is 2.40. The average Bonchev–Trinajstić information content (AvgIpc) is 3.27. The predicted octanol–water partition coefficient (Wildman–Crippen LogP) is 1.92. The summed E-state index contributed by atoms with van der Waals surface area (Å²) >= 11 is 0. The third-order valence-electron chi connectivity index (χ3n) is 7.37. The van der Waals surface area contributed by atoms with E-state index in [9.17, 15) is 19.2 Å². The number of hydrogen-bond donors (Lipinski definition) is 0. The van der Waals surface area contributed by atoms with Gasteiger partial charge in [-0.2, -0.15) is 0 Å². The molecule has 5 rings (SSSR count). The number of hydrazine groups is 1. The largest absolute Gasteiger partial charge is 0.469 e. The maximum atomic E-state index is 13.3. The number of hydrogen-bond acceptors (Lipinski definition) is 10. The lowest BCUT2D eigenvalue weighted by atomic mass is 9.63. The first-order chi connectivity index (χ1) is 17.9. The van der Waals surface area contributed by atoms with Gasteiger partial charge in [-0.05, 0) is 23.3 Å². The molecule has 0 bridgehead atoms. The van der Waals surface area contributed by atoms with Crippen LogP contribution in [-0.4, -0.2) is 69.4 Å². The van der Waals surface area contributed by atoms with E-state index in [0.29, 0.717) is 5.69 Å². The van der Waals surface area contributed by atoms with Gasteiger partial charge in [0.05, 0.1) is 57.4 Å². The van der Waals surface area contributed by atoms with Crippen molar-refractivity contribution in [2.24, 2.45) is 5.92 Å². The van der Waals surface area contributed by atoms with Crippen molar-refractivity contribution >= 4 is 29.6 Å². The van der Waals surface area contributed by atoms with Gasteiger partial charge in [-0.25, -0.2) is 19.4 Å². The minimum absolute atomic E-state index is 0.119. The van der Waals surface area contributed by atoms with Crippen LogP contribution < -0.4 is 5.01 Å². The number of esters is 4. The van der Waals surface area contributed by atoms with Gasteiger partial charge >= 0.3 is 23.9 Å². The van der Waals surface area contributed by atoms with Gasteiger partial charge < -0.3 is 18.9 Å². The Morgan fingerprint density at radius 1 is 0.649 bits per heavy atom. The molecule has 10 nitrogen and oxygen atoms in total. The quantitative estimate of drug-likeness (QED) is 0.440. The van der Waals surface area contributed by atoms with Gasteiger partial charge in [0.1, 0.15) is 5.92 Å². The Morgan fingerprint density at radius 2 is 1.22 bits per heavy atom. The van der Waals surface area contributed by atoms with E-state index in [1.807, 2.05) is 35.3 Å². The summed E-state index contributed by atoms with van der Waals surface area (Å²) in [4.78, 5) is 52.6. The van der Waals surface area contributed by atoms with Crippen LogP contribution in [0.15, 0.2) is 65.7 Å². The lowest BCUT2D eigenvalue weighted by molar-refractivity contribution is -0.153. The van der Waals surface area contributed by atoms with E-state index in [1.54, 1.807) is 29.3 Å². The SMILES string of the molecule is COC(=O)C1=C(C(=O)OC)[C@H]2[C@@H]1c1ccccc1[C@@H]1[C@H](C(=O)OC)[C@H](C(=O)OC)N(c3ccccc3)N12. The molecule has 0 saturated carbocycles. The van der Waals surface area contributed by atoms with Gasteiger partial charge in [0, 0.05) is 5.92 Å². The minimum atomic E-state index is -1.10. The van der Waals surface area contributed by atoms with E-state index in [4.69, 9.17) is 18.9 Å². The molecule has 37 heavy (non-hydrogen) atoms. The molecule has 5 atom stereocenters. The molecule has 2 aromatic carbocycles. The Labute approximate surface area is 213 Å². The van der Waals surface area contributed by atoms with E-state index in [2.05, 4.69) is 0 Å². The maximum Gasteiger partial charge on any atom is 0.336 e. The number of ether oxygens (including phenoxy) is 4. The second-order valence-corrected chi connectivity index (χ2v) is 8.88. The molecule has 192 valence electrons. The van der Waals surface area contributed by atoms with Crippen LogP contribution in [0.5, 0.6) is 0 Å². The monoisotopic (exact) mass is 506 g/mol. The lowest BCUT2D eigenvalue weighted by Crippen LogP contribution is -2.60. The summed E-state index contributed by atoms with van der Waals surface area (Å²) in [5.74, 6) is -4.14. The second-order valence-electron chi connectivity index (χ2n) is 8.88. The number of nitrogens with zero attached hydrogens (tertiary/aromatic N) is 2. The number of carbonyl (C=O) groups excluding carboxylic acids is 4. The highest BCUT2D eigenvalue weighted by Crippen LogP contribution is 2.60. The zero-order valence-corrected chi connectivity index (χ0v) is 20.7. The van der Waals surface area contributed by atoms with Gasteiger partial charge in [0.2, 0.25) is 0 Å². The Hall–Kier alpha value is -4.18. The smallest absolute Gasteiger partial charge is 0.336 e. The van der Waals surface area contributed by atoms with Crippen LogP contribution in [0.3, 0.4) is 0 Å². The number of carbonyl (C=O) groups is 4. The van der Waals surface area contributed by atoms with Gasteiger partial charge in [-0.15, -0.1) is 0 Å². The molecule has 0 radical (unpaired) electrons. The van der Waals surface area contributed by atoms with Crippen molar-refractivity contribution in [3.05, 3.63) is 76.9 Å². The van der Waals surface area contributed by atoms with Gasteiger partial charge in [-0.3, -0.25) is 9.80 Å². The number of fused-ring (bicyclic) bond motifs is 6. The normalized spacial score (nSPS) is 25.7. The van der Waals surface area contributed by atoms with Crippen molar-refractivity contribution in [1.82, 2.24) is 5.01 Å². The van der Waals surface area contributed by atoms with E-state index in [-0.39, 0.29) is 11.1 Å². The Bertz CT molecular complexity index is 1310. The molecule has 0 aromatic heterocycles. The van der Waals surface area contributed by atoms with Crippen LogP contribution in [-0.2, 0) is 38.1 Å². The predicted molar refractivity (Wildman–Crippen MR) is 129 cm³/mol. The molecule has 1 aliphatic carbocycles.